The van der Waals surface area contributed by atoms with Gasteiger partial charge in [-0.3, -0.25) is 5.41 Å². The van der Waals surface area contributed by atoms with Gasteiger partial charge in [-0.05, 0) is 18.6 Å². The highest BCUT2D eigenvalue weighted by molar-refractivity contribution is 6.09. The molecule has 0 saturated carbocycles. The molecule has 0 unspecified atom stereocenters. The Bertz CT molecular complexity index is 412. The minimum atomic E-state index is -0.136. The van der Waals surface area contributed by atoms with Crippen LogP contribution in [0.15, 0.2) is 29.9 Å². The van der Waals surface area contributed by atoms with Gasteiger partial charge < -0.3 is 5.73 Å². The average Bonchev–Trinajstić information content (AvgIpc) is 2.26. The van der Waals surface area contributed by atoms with E-state index in [0.717, 1.165) is 11.3 Å². The van der Waals surface area contributed by atoms with Crippen LogP contribution in [0.2, 0.25) is 0 Å². The predicted octanol–water partition coefficient (Wildman–Crippen LogP) is 2.12. The van der Waals surface area contributed by atoms with Crippen LogP contribution in [0.4, 0.5) is 0 Å². The minimum Gasteiger partial charge on any atom is -0.401 e. The molecule has 4 heteroatoms. The van der Waals surface area contributed by atoms with E-state index in [1.807, 2.05) is 27.7 Å². The predicted molar refractivity (Wildman–Crippen MR) is 65.2 cm³/mol. The summed E-state index contributed by atoms with van der Waals surface area (Å²) in [5, 5.41) is 8.02. The normalized spacial score (nSPS) is 13.2. The third-order valence-corrected chi connectivity index (χ3v) is 2.43. The first-order valence-corrected chi connectivity index (χ1v) is 5.16. The van der Waals surface area contributed by atoms with Crippen LogP contribution in [0.3, 0.4) is 0 Å². The lowest BCUT2D eigenvalue weighted by Crippen LogP contribution is -2.22. The van der Waals surface area contributed by atoms with E-state index in [4.69, 9.17) is 11.1 Å². The Balaban J connectivity index is 3.09. The van der Waals surface area contributed by atoms with Gasteiger partial charge in [0.2, 0.25) is 0 Å². The number of nitrogens with zero attached hydrogens (tertiary/aromatic N) is 2. The standard InChI is InChI=1S/C12H18N4/c1-8(11(14)12(2,3)4)10(13)9-5-6-15-7-16-9/h5-7,13H,14H2,1-4H3. The highest BCUT2D eigenvalue weighted by Gasteiger charge is 2.19. The van der Waals surface area contributed by atoms with Crippen molar-refractivity contribution in [3.8, 4) is 0 Å². The third-order valence-electron chi connectivity index (χ3n) is 2.43. The zero-order valence-electron chi connectivity index (χ0n) is 10.2. The van der Waals surface area contributed by atoms with E-state index in [2.05, 4.69) is 9.97 Å². The summed E-state index contributed by atoms with van der Waals surface area (Å²) in [6.45, 7) is 7.93. The Morgan fingerprint density at radius 2 is 2.00 bits per heavy atom. The van der Waals surface area contributed by atoms with Gasteiger partial charge in [0.05, 0.1) is 11.4 Å². The first-order valence-electron chi connectivity index (χ1n) is 5.16. The fraction of sp³-hybridized carbons (Fsp3) is 0.417. The summed E-state index contributed by atoms with van der Waals surface area (Å²) in [5.74, 6) is 0. The summed E-state index contributed by atoms with van der Waals surface area (Å²) in [5.41, 5.74) is 8.33. The summed E-state index contributed by atoms with van der Waals surface area (Å²) in [6, 6.07) is 1.71. The maximum atomic E-state index is 8.02. The average molecular weight is 218 g/mol. The molecular weight excluding hydrogens is 200 g/mol. The van der Waals surface area contributed by atoms with Crippen LogP contribution in [0, 0.1) is 10.8 Å². The monoisotopic (exact) mass is 218 g/mol. The number of hydrogen-bond donors (Lipinski definition) is 2. The molecule has 0 aliphatic heterocycles. The molecule has 3 N–H and O–H groups in total. The Morgan fingerprint density at radius 1 is 1.38 bits per heavy atom. The molecule has 1 rings (SSSR count). The third kappa shape index (κ3) is 2.66. The molecule has 86 valence electrons. The highest BCUT2D eigenvalue weighted by atomic mass is 14.8. The van der Waals surface area contributed by atoms with Gasteiger partial charge in [0, 0.05) is 17.3 Å². The summed E-state index contributed by atoms with van der Waals surface area (Å²) >= 11 is 0. The summed E-state index contributed by atoms with van der Waals surface area (Å²) < 4.78 is 0. The smallest absolute Gasteiger partial charge is 0.116 e. The van der Waals surface area contributed by atoms with Gasteiger partial charge in [-0.2, -0.15) is 0 Å². The molecule has 0 aromatic carbocycles. The lowest BCUT2D eigenvalue weighted by Gasteiger charge is -2.22. The lowest BCUT2D eigenvalue weighted by atomic mass is 9.88. The molecule has 1 aromatic heterocycles. The van der Waals surface area contributed by atoms with E-state index in [9.17, 15) is 0 Å². The van der Waals surface area contributed by atoms with Gasteiger partial charge in [-0.25, -0.2) is 9.97 Å². The Hall–Kier alpha value is -1.71. The quantitative estimate of drug-likeness (QED) is 0.746. The fourth-order valence-corrected chi connectivity index (χ4v) is 1.33. The van der Waals surface area contributed by atoms with Gasteiger partial charge in [-0.15, -0.1) is 0 Å². The first kappa shape index (κ1) is 12.4. The van der Waals surface area contributed by atoms with Crippen LogP contribution >= 0.6 is 0 Å². The number of rotatable bonds is 2. The maximum absolute atomic E-state index is 8.02. The van der Waals surface area contributed by atoms with Gasteiger partial charge >= 0.3 is 0 Å². The van der Waals surface area contributed by atoms with E-state index >= 15 is 0 Å². The van der Waals surface area contributed by atoms with E-state index < -0.39 is 0 Å². The molecule has 0 saturated heterocycles. The van der Waals surface area contributed by atoms with Crippen molar-refractivity contribution in [1.29, 1.82) is 5.41 Å². The maximum Gasteiger partial charge on any atom is 0.116 e. The number of hydrogen-bond acceptors (Lipinski definition) is 4. The van der Waals surface area contributed by atoms with Gasteiger partial charge in [0.25, 0.3) is 0 Å². The van der Waals surface area contributed by atoms with Crippen molar-refractivity contribution in [2.24, 2.45) is 11.1 Å². The van der Waals surface area contributed by atoms with E-state index in [-0.39, 0.29) is 5.41 Å². The van der Waals surface area contributed by atoms with Crippen molar-refractivity contribution in [2.75, 3.05) is 0 Å². The van der Waals surface area contributed by atoms with E-state index in [1.165, 1.54) is 6.33 Å². The van der Waals surface area contributed by atoms with Crippen LogP contribution < -0.4 is 5.73 Å². The van der Waals surface area contributed by atoms with Crippen LogP contribution in [0.1, 0.15) is 33.4 Å². The molecule has 0 atom stereocenters. The largest absolute Gasteiger partial charge is 0.401 e. The number of nitrogens with two attached hydrogens (primary N) is 1. The number of aromatic nitrogens is 2. The molecule has 0 radical (unpaired) electrons. The summed E-state index contributed by atoms with van der Waals surface area (Å²) in [6.07, 6.45) is 3.06. The minimum absolute atomic E-state index is 0.136. The van der Waals surface area contributed by atoms with E-state index in [0.29, 0.717) is 11.4 Å². The molecular formula is C12H18N4. The molecule has 1 aromatic rings. The molecule has 0 aliphatic rings. The molecule has 0 amide bonds. The first-order chi connectivity index (χ1) is 7.34. The SMILES string of the molecule is CC(C(=N)c1ccncn1)=C(N)C(C)(C)C. The molecule has 1 heterocycles. The topological polar surface area (TPSA) is 75.7 Å². The molecule has 0 bridgehead atoms. The molecule has 4 nitrogen and oxygen atoms in total. The van der Waals surface area contributed by atoms with E-state index in [1.54, 1.807) is 12.3 Å². The molecule has 0 aliphatic carbocycles. The zero-order valence-corrected chi connectivity index (χ0v) is 10.2. The fourth-order valence-electron chi connectivity index (χ4n) is 1.33. The second-order valence-corrected chi connectivity index (χ2v) is 4.76. The Labute approximate surface area is 96.1 Å². The summed E-state index contributed by atoms with van der Waals surface area (Å²) in [7, 11) is 0. The second-order valence-electron chi connectivity index (χ2n) is 4.76. The van der Waals surface area contributed by atoms with Crippen LogP contribution in [0.5, 0.6) is 0 Å². The highest BCUT2D eigenvalue weighted by Crippen LogP contribution is 2.24. The van der Waals surface area contributed by atoms with Gasteiger partial charge in [-0.1, -0.05) is 20.8 Å². The van der Waals surface area contributed by atoms with Gasteiger partial charge in [0.1, 0.15) is 6.33 Å². The van der Waals surface area contributed by atoms with Gasteiger partial charge in [0.15, 0.2) is 0 Å². The summed E-state index contributed by atoms with van der Waals surface area (Å²) in [4.78, 5) is 7.86. The second kappa shape index (κ2) is 4.43. The van der Waals surface area contributed by atoms with Crippen molar-refractivity contribution < 1.29 is 0 Å². The van der Waals surface area contributed by atoms with Crippen LogP contribution in [-0.4, -0.2) is 15.7 Å². The zero-order chi connectivity index (χ0) is 12.3. The Kier molecular flexibility index (Phi) is 3.42. The van der Waals surface area contributed by atoms with Crippen molar-refractivity contribution in [3.05, 3.63) is 35.6 Å². The van der Waals surface area contributed by atoms with Crippen LogP contribution in [0.25, 0.3) is 0 Å². The van der Waals surface area contributed by atoms with Crippen molar-refractivity contribution in [2.45, 2.75) is 27.7 Å². The van der Waals surface area contributed by atoms with Crippen molar-refractivity contribution in [3.63, 3.8) is 0 Å². The Morgan fingerprint density at radius 3 is 2.44 bits per heavy atom. The lowest BCUT2D eigenvalue weighted by molar-refractivity contribution is 0.494. The van der Waals surface area contributed by atoms with Crippen LogP contribution in [-0.2, 0) is 0 Å². The van der Waals surface area contributed by atoms with Crippen molar-refractivity contribution in [1.82, 2.24) is 9.97 Å². The molecule has 0 fully saturated rings. The number of nitrogens with one attached hydrogen (secondary N) is 1. The molecule has 0 spiro atoms. The molecule has 16 heavy (non-hydrogen) atoms. The van der Waals surface area contributed by atoms with Crippen molar-refractivity contribution >= 4 is 5.71 Å². The number of allylic oxidation sites excluding steroid dienone is 2.